The number of carbonyl (C=O) groups is 1. The minimum Gasteiger partial charge on any atom is -0.318 e. The topological polar surface area (TPSA) is 69.3 Å². The van der Waals surface area contributed by atoms with E-state index in [0.717, 1.165) is 42.0 Å². The molecule has 2 fully saturated rings. The van der Waals surface area contributed by atoms with Gasteiger partial charge in [-0.25, -0.2) is 9.78 Å². The lowest BCUT2D eigenvalue weighted by Gasteiger charge is -2.54. The number of carbonyl (C=O) groups excluding carboxylic acids is 1. The van der Waals surface area contributed by atoms with E-state index in [9.17, 15) is 4.79 Å². The van der Waals surface area contributed by atoms with Crippen LogP contribution in [0.2, 0.25) is 0 Å². The van der Waals surface area contributed by atoms with Gasteiger partial charge in [0, 0.05) is 30.0 Å². The molecule has 0 saturated carbocycles. The standard InChI is InChI=1S/C18H23N5O/c1-11-6-13-8-14(7-11)23(13)18(24)21-17-9-15(12(2)10-19-17)16-4-3-5-20-22-16/h3-5,9-11,13-14,20,22H,6-8H2,1-2H3,(H,19,21,24). The third kappa shape index (κ3) is 2.62. The summed E-state index contributed by atoms with van der Waals surface area (Å²) in [6.07, 6.45) is 10.9. The highest BCUT2D eigenvalue weighted by Gasteiger charge is 2.46. The Labute approximate surface area is 142 Å². The normalized spacial score (nSPS) is 27.5. The van der Waals surface area contributed by atoms with Crippen LogP contribution in [0.25, 0.3) is 5.70 Å². The summed E-state index contributed by atoms with van der Waals surface area (Å²) in [5, 5.41) is 2.98. The van der Waals surface area contributed by atoms with E-state index in [2.05, 4.69) is 28.1 Å². The number of rotatable bonds is 2. The van der Waals surface area contributed by atoms with Gasteiger partial charge in [-0.3, -0.25) is 5.32 Å². The second kappa shape index (κ2) is 5.85. The Hall–Kier alpha value is -2.50. The molecule has 3 aliphatic heterocycles. The Kier molecular flexibility index (Phi) is 3.67. The van der Waals surface area contributed by atoms with Gasteiger partial charge in [0.1, 0.15) is 5.82 Å². The van der Waals surface area contributed by atoms with Crippen molar-refractivity contribution in [2.24, 2.45) is 5.92 Å². The molecule has 0 aromatic carbocycles. The molecule has 2 saturated heterocycles. The number of allylic oxidation sites excluding steroid dienone is 2. The van der Waals surface area contributed by atoms with Gasteiger partial charge in [0.2, 0.25) is 0 Å². The molecule has 1 aromatic heterocycles. The first-order chi connectivity index (χ1) is 11.6. The molecule has 4 heterocycles. The van der Waals surface area contributed by atoms with Crippen LogP contribution in [0.1, 0.15) is 37.3 Å². The van der Waals surface area contributed by atoms with Crippen LogP contribution in [0.3, 0.4) is 0 Å². The van der Waals surface area contributed by atoms with Crippen molar-refractivity contribution in [3.8, 4) is 0 Å². The average Bonchev–Trinajstić information content (AvgIpc) is 2.57. The number of pyridine rings is 1. The molecule has 4 rings (SSSR count). The van der Waals surface area contributed by atoms with Crippen molar-refractivity contribution in [1.82, 2.24) is 20.7 Å². The van der Waals surface area contributed by atoms with Crippen LogP contribution in [0, 0.1) is 12.8 Å². The van der Waals surface area contributed by atoms with E-state index in [1.165, 1.54) is 0 Å². The molecule has 0 aliphatic carbocycles. The predicted octanol–water partition coefficient (Wildman–Crippen LogP) is 2.76. The summed E-state index contributed by atoms with van der Waals surface area (Å²) >= 11 is 0. The summed E-state index contributed by atoms with van der Waals surface area (Å²) in [6.45, 7) is 4.28. The zero-order valence-electron chi connectivity index (χ0n) is 14.0. The molecule has 126 valence electrons. The molecule has 3 N–H and O–H groups in total. The maximum absolute atomic E-state index is 12.6. The van der Waals surface area contributed by atoms with E-state index in [-0.39, 0.29) is 6.03 Å². The van der Waals surface area contributed by atoms with Crippen LogP contribution in [-0.2, 0) is 0 Å². The largest absolute Gasteiger partial charge is 0.323 e. The zero-order valence-corrected chi connectivity index (χ0v) is 14.0. The van der Waals surface area contributed by atoms with Crippen LogP contribution < -0.4 is 16.2 Å². The summed E-state index contributed by atoms with van der Waals surface area (Å²) in [4.78, 5) is 19.0. The maximum Gasteiger partial charge on any atom is 0.323 e. The number of hydrazine groups is 1. The Morgan fingerprint density at radius 1 is 1.33 bits per heavy atom. The number of aromatic nitrogens is 1. The second-order valence-corrected chi connectivity index (χ2v) is 7.05. The lowest BCUT2D eigenvalue weighted by Crippen LogP contribution is -2.63. The predicted molar refractivity (Wildman–Crippen MR) is 93.8 cm³/mol. The molecular weight excluding hydrogens is 302 g/mol. The molecule has 0 radical (unpaired) electrons. The highest BCUT2D eigenvalue weighted by molar-refractivity contribution is 5.90. The number of amides is 2. The number of urea groups is 1. The van der Waals surface area contributed by atoms with Gasteiger partial charge in [-0.15, -0.1) is 0 Å². The number of piperidine rings is 1. The van der Waals surface area contributed by atoms with Gasteiger partial charge < -0.3 is 15.8 Å². The van der Waals surface area contributed by atoms with Gasteiger partial charge in [-0.1, -0.05) is 6.92 Å². The van der Waals surface area contributed by atoms with E-state index < -0.39 is 0 Å². The van der Waals surface area contributed by atoms with Crippen molar-refractivity contribution in [1.29, 1.82) is 0 Å². The molecule has 24 heavy (non-hydrogen) atoms. The molecule has 2 unspecified atom stereocenters. The van der Waals surface area contributed by atoms with Crippen molar-refractivity contribution in [2.45, 2.75) is 45.2 Å². The first kappa shape index (κ1) is 15.1. The molecule has 3 aliphatic rings. The van der Waals surface area contributed by atoms with Crippen LogP contribution in [0.4, 0.5) is 10.6 Å². The van der Waals surface area contributed by atoms with Crippen LogP contribution in [-0.4, -0.2) is 28.0 Å². The molecule has 0 spiro atoms. The first-order valence-corrected chi connectivity index (χ1v) is 8.56. The minimum absolute atomic E-state index is 0.0194. The highest BCUT2D eigenvalue weighted by atomic mass is 16.2. The molecule has 2 amide bonds. The number of fused-ring (bicyclic) bond motifs is 2. The number of anilines is 1. The van der Waals surface area contributed by atoms with E-state index in [1.54, 1.807) is 6.20 Å². The molecule has 2 bridgehead atoms. The molecule has 6 nitrogen and oxygen atoms in total. The van der Waals surface area contributed by atoms with Gasteiger partial charge in [0.15, 0.2) is 0 Å². The van der Waals surface area contributed by atoms with E-state index in [0.29, 0.717) is 17.9 Å². The summed E-state index contributed by atoms with van der Waals surface area (Å²) < 4.78 is 0. The molecule has 6 heteroatoms. The lowest BCUT2D eigenvalue weighted by molar-refractivity contribution is -0.00603. The number of hydrogen-bond acceptors (Lipinski definition) is 4. The van der Waals surface area contributed by atoms with Crippen molar-refractivity contribution in [3.05, 3.63) is 41.7 Å². The van der Waals surface area contributed by atoms with Crippen LogP contribution >= 0.6 is 0 Å². The number of nitrogens with zero attached hydrogens (tertiary/aromatic N) is 2. The Morgan fingerprint density at radius 2 is 2.12 bits per heavy atom. The summed E-state index contributed by atoms with van der Waals surface area (Å²) in [6, 6.07) is 2.71. The summed E-state index contributed by atoms with van der Waals surface area (Å²) in [5.74, 6) is 1.32. The fraction of sp³-hybridized carbons (Fsp3) is 0.444. The van der Waals surface area contributed by atoms with Gasteiger partial charge in [0.25, 0.3) is 0 Å². The number of aryl methyl sites for hydroxylation is 1. The lowest BCUT2D eigenvalue weighted by atomic mass is 9.74. The first-order valence-electron chi connectivity index (χ1n) is 8.56. The van der Waals surface area contributed by atoms with Gasteiger partial charge in [-0.05, 0) is 55.9 Å². The quantitative estimate of drug-likeness (QED) is 0.782. The summed E-state index contributed by atoms with van der Waals surface area (Å²) in [5.41, 5.74) is 9.12. The SMILES string of the molecule is Cc1cnc(NC(=O)N2C3CC(C)CC2C3)cc1C1=CC=CNN1. The second-order valence-electron chi connectivity index (χ2n) is 7.05. The van der Waals surface area contributed by atoms with Crippen LogP contribution in [0.15, 0.2) is 30.6 Å². The Balaban J connectivity index is 1.50. The van der Waals surface area contributed by atoms with Gasteiger partial charge >= 0.3 is 6.03 Å². The highest BCUT2D eigenvalue weighted by Crippen LogP contribution is 2.41. The average molecular weight is 325 g/mol. The monoisotopic (exact) mass is 325 g/mol. The zero-order chi connectivity index (χ0) is 16.7. The fourth-order valence-corrected chi connectivity index (χ4v) is 4.04. The van der Waals surface area contributed by atoms with Crippen LogP contribution in [0.5, 0.6) is 0 Å². The van der Waals surface area contributed by atoms with Gasteiger partial charge in [0.05, 0.1) is 5.70 Å². The number of hydrogen-bond donors (Lipinski definition) is 3. The van der Waals surface area contributed by atoms with E-state index in [4.69, 9.17) is 0 Å². The fourth-order valence-electron chi connectivity index (χ4n) is 4.04. The smallest absolute Gasteiger partial charge is 0.318 e. The van der Waals surface area contributed by atoms with Crippen molar-refractivity contribution >= 4 is 17.5 Å². The van der Waals surface area contributed by atoms with Gasteiger partial charge in [-0.2, -0.15) is 0 Å². The third-order valence-corrected chi connectivity index (χ3v) is 5.19. The van der Waals surface area contributed by atoms with E-state index >= 15 is 0 Å². The summed E-state index contributed by atoms with van der Waals surface area (Å²) in [7, 11) is 0. The van der Waals surface area contributed by atoms with Crippen molar-refractivity contribution in [3.63, 3.8) is 0 Å². The van der Waals surface area contributed by atoms with Crippen molar-refractivity contribution < 1.29 is 4.79 Å². The minimum atomic E-state index is -0.0194. The third-order valence-electron chi connectivity index (χ3n) is 5.19. The Morgan fingerprint density at radius 3 is 2.83 bits per heavy atom. The van der Waals surface area contributed by atoms with Crippen molar-refractivity contribution in [2.75, 3.05) is 5.32 Å². The Bertz CT molecular complexity index is 714. The maximum atomic E-state index is 12.6. The molecule has 2 atom stereocenters. The molecular formula is C18H23N5O. The molecule has 1 aromatic rings. The number of nitrogens with one attached hydrogen (secondary N) is 3. The van der Waals surface area contributed by atoms with E-state index in [1.807, 2.05) is 36.2 Å².